The number of carbonyl (C=O) groups is 1. The van der Waals surface area contributed by atoms with Gasteiger partial charge in [-0.2, -0.15) is 18.3 Å². The minimum atomic E-state index is -4.48. The van der Waals surface area contributed by atoms with E-state index in [0.29, 0.717) is 24.4 Å². The van der Waals surface area contributed by atoms with Gasteiger partial charge < -0.3 is 0 Å². The number of alkyl halides is 4. The fraction of sp³-hybridized carbons (Fsp3) is 0.261. The molecule has 0 bridgehead atoms. The van der Waals surface area contributed by atoms with E-state index in [9.17, 15) is 18.0 Å². The van der Waals surface area contributed by atoms with Crippen LogP contribution in [0.25, 0.3) is 10.9 Å². The number of nitrogens with one attached hydrogen (secondary N) is 1. The molecule has 1 N–H and O–H groups in total. The van der Waals surface area contributed by atoms with Crippen molar-refractivity contribution in [2.45, 2.75) is 31.9 Å². The van der Waals surface area contributed by atoms with Gasteiger partial charge >= 0.3 is 6.18 Å². The number of nitrogens with zero attached hydrogens (tertiary/aromatic N) is 2. The van der Waals surface area contributed by atoms with Gasteiger partial charge in [0, 0.05) is 30.3 Å². The lowest BCUT2D eigenvalue weighted by Gasteiger charge is -2.12. The topological polar surface area (TPSA) is 54.4 Å². The number of halogens is 4. The molecule has 8 heteroatoms. The Kier molecular flexibility index (Phi) is 7.63. The summed E-state index contributed by atoms with van der Waals surface area (Å²) in [5, 5.41) is 5.07. The lowest BCUT2D eigenvalue weighted by atomic mass is 9.98. The third kappa shape index (κ3) is 6.28. The summed E-state index contributed by atoms with van der Waals surface area (Å²) in [6.07, 6.45) is -1.06. The highest BCUT2D eigenvalue weighted by atomic mass is 35.5. The van der Waals surface area contributed by atoms with E-state index in [1.54, 1.807) is 18.3 Å². The minimum Gasteiger partial charge on any atom is -0.273 e. The molecule has 0 saturated carbocycles. The first-order valence-electron chi connectivity index (χ1n) is 9.80. The molecular weight excluding hydrogens is 427 g/mol. The summed E-state index contributed by atoms with van der Waals surface area (Å²) in [4.78, 5) is 16.4. The molecule has 2 aromatic carbocycles. The van der Waals surface area contributed by atoms with Gasteiger partial charge in [0.25, 0.3) is 0 Å². The first-order valence-corrected chi connectivity index (χ1v) is 10.3. The number of pyridine rings is 1. The van der Waals surface area contributed by atoms with Crippen LogP contribution in [0.4, 0.5) is 13.2 Å². The van der Waals surface area contributed by atoms with Crippen molar-refractivity contribution in [3.63, 3.8) is 0 Å². The Bertz CT molecular complexity index is 1080. The van der Waals surface area contributed by atoms with Gasteiger partial charge in [0.15, 0.2) is 0 Å². The zero-order chi connectivity index (χ0) is 22.3. The van der Waals surface area contributed by atoms with Crippen LogP contribution in [0.5, 0.6) is 0 Å². The highest BCUT2D eigenvalue weighted by Crippen LogP contribution is 2.30. The van der Waals surface area contributed by atoms with E-state index >= 15 is 0 Å². The third-order valence-corrected chi connectivity index (χ3v) is 4.99. The Morgan fingerprint density at radius 3 is 2.65 bits per heavy atom. The fourth-order valence-electron chi connectivity index (χ4n) is 3.14. The Labute approximate surface area is 183 Å². The second kappa shape index (κ2) is 10.4. The van der Waals surface area contributed by atoms with E-state index in [2.05, 4.69) is 15.5 Å². The van der Waals surface area contributed by atoms with Crippen LogP contribution in [-0.4, -0.2) is 22.5 Å². The van der Waals surface area contributed by atoms with Crippen LogP contribution in [0.2, 0.25) is 0 Å². The predicted octanol–water partition coefficient (Wildman–Crippen LogP) is 5.73. The number of aromatic nitrogens is 1. The van der Waals surface area contributed by atoms with Gasteiger partial charge in [-0.25, -0.2) is 5.43 Å². The molecule has 3 rings (SSSR count). The maximum atomic E-state index is 13.2. The quantitative estimate of drug-likeness (QED) is 0.207. The molecule has 1 amide bonds. The number of hydrogen-bond acceptors (Lipinski definition) is 3. The van der Waals surface area contributed by atoms with Crippen LogP contribution in [0.15, 0.2) is 65.9 Å². The van der Waals surface area contributed by atoms with Gasteiger partial charge in [-0.05, 0) is 48.2 Å². The summed E-state index contributed by atoms with van der Waals surface area (Å²) < 4.78 is 39.7. The van der Waals surface area contributed by atoms with Gasteiger partial charge in [0.2, 0.25) is 5.91 Å². The number of para-hydroxylation sites is 1. The van der Waals surface area contributed by atoms with E-state index < -0.39 is 11.7 Å². The molecule has 162 valence electrons. The summed E-state index contributed by atoms with van der Waals surface area (Å²) >= 11 is 5.63. The van der Waals surface area contributed by atoms with Crippen LogP contribution in [0, 0.1) is 0 Å². The molecule has 0 aliphatic carbocycles. The van der Waals surface area contributed by atoms with Crippen LogP contribution < -0.4 is 5.43 Å². The number of hydrogen-bond donors (Lipinski definition) is 1. The molecular formula is C23H21ClF3N3O. The molecule has 31 heavy (non-hydrogen) atoms. The summed E-state index contributed by atoms with van der Waals surface area (Å²) in [6.45, 7) is 0. The van der Waals surface area contributed by atoms with Crippen LogP contribution in [0.3, 0.4) is 0 Å². The van der Waals surface area contributed by atoms with Crippen molar-refractivity contribution in [1.82, 2.24) is 10.4 Å². The second-order valence-corrected chi connectivity index (χ2v) is 7.36. The van der Waals surface area contributed by atoms with Gasteiger partial charge in [-0.15, -0.1) is 11.6 Å². The number of fused-ring (bicyclic) bond motifs is 1. The molecule has 1 heterocycles. The molecule has 0 fully saturated rings. The van der Waals surface area contributed by atoms with E-state index in [-0.39, 0.29) is 24.3 Å². The maximum Gasteiger partial charge on any atom is 0.416 e. The van der Waals surface area contributed by atoms with Crippen LogP contribution in [0.1, 0.15) is 36.0 Å². The SMILES string of the molecule is O=C(CCCCCl)NN=C(Cc1ccnc2ccccc12)c1cccc(C(F)(F)F)c1. The molecule has 0 atom stereocenters. The van der Waals surface area contributed by atoms with Gasteiger partial charge in [0.05, 0.1) is 16.8 Å². The monoisotopic (exact) mass is 447 g/mol. The largest absolute Gasteiger partial charge is 0.416 e. The van der Waals surface area contributed by atoms with Gasteiger partial charge in [0.1, 0.15) is 0 Å². The Morgan fingerprint density at radius 2 is 1.87 bits per heavy atom. The number of amides is 1. The van der Waals surface area contributed by atoms with E-state index in [1.165, 1.54) is 6.07 Å². The summed E-state index contributed by atoms with van der Waals surface area (Å²) in [5.74, 6) is 0.149. The number of benzene rings is 2. The number of carbonyl (C=O) groups excluding carboxylic acids is 1. The molecule has 3 aromatic rings. The Hall–Kier alpha value is -2.93. The smallest absolute Gasteiger partial charge is 0.273 e. The van der Waals surface area contributed by atoms with Gasteiger partial charge in [-0.3, -0.25) is 9.78 Å². The molecule has 0 spiro atoms. The van der Waals surface area contributed by atoms with Crippen LogP contribution >= 0.6 is 11.6 Å². The third-order valence-electron chi connectivity index (χ3n) is 4.72. The lowest BCUT2D eigenvalue weighted by molar-refractivity contribution is -0.137. The van der Waals surface area contributed by atoms with Crippen molar-refractivity contribution in [2.75, 3.05) is 5.88 Å². The molecule has 0 aliphatic heterocycles. The molecule has 0 unspecified atom stereocenters. The predicted molar refractivity (Wildman–Crippen MR) is 116 cm³/mol. The zero-order valence-corrected chi connectivity index (χ0v) is 17.4. The summed E-state index contributed by atoms with van der Waals surface area (Å²) in [5.41, 5.74) is 3.94. The van der Waals surface area contributed by atoms with Crippen molar-refractivity contribution in [3.05, 3.63) is 77.5 Å². The molecule has 0 aliphatic rings. The van der Waals surface area contributed by atoms with Crippen LogP contribution in [-0.2, 0) is 17.4 Å². The van der Waals surface area contributed by atoms with E-state index in [4.69, 9.17) is 11.6 Å². The standard InChI is InChI=1S/C23H21ClF3N3O/c24-12-4-3-10-22(31)30-29-21(17-6-5-7-18(14-17)23(25,26)27)15-16-11-13-28-20-9-2-1-8-19(16)20/h1-2,5-9,11,13-14H,3-4,10,12,15H2,(H,30,31). The molecule has 1 aromatic heterocycles. The first kappa shape index (κ1) is 22.7. The Morgan fingerprint density at radius 1 is 1.06 bits per heavy atom. The number of unbranched alkanes of at least 4 members (excludes halogenated alkanes) is 1. The van der Waals surface area contributed by atoms with E-state index in [0.717, 1.165) is 28.6 Å². The van der Waals surface area contributed by atoms with Crippen molar-refractivity contribution < 1.29 is 18.0 Å². The molecule has 0 radical (unpaired) electrons. The fourth-order valence-corrected chi connectivity index (χ4v) is 3.33. The van der Waals surface area contributed by atoms with E-state index in [1.807, 2.05) is 24.3 Å². The van der Waals surface area contributed by atoms with Crippen molar-refractivity contribution in [3.8, 4) is 0 Å². The number of hydrazone groups is 1. The summed E-state index contributed by atoms with van der Waals surface area (Å²) in [7, 11) is 0. The second-order valence-electron chi connectivity index (χ2n) is 6.98. The average molecular weight is 448 g/mol. The zero-order valence-electron chi connectivity index (χ0n) is 16.6. The molecule has 0 saturated heterocycles. The Balaban J connectivity index is 1.94. The lowest BCUT2D eigenvalue weighted by Crippen LogP contribution is -2.21. The maximum absolute atomic E-state index is 13.2. The minimum absolute atomic E-state index is 0.228. The van der Waals surface area contributed by atoms with Gasteiger partial charge in [-0.1, -0.05) is 30.3 Å². The summed E-state index contributed by atoms with van der Waals surface area (Å²) in [6, 6.07) is 14.2. The number of rotatable bonds is 8. The normalized spacial score (nSPS) is 12.2. The molecule has 4 nitrogen and oxygen atoms in total. The highest BCUT2D eigenvalue weighted by Gasteiger charge is 2.30. The van der Waals surface area contributed by atoms with Crippen molar-refractivity contribution in [1.29, 1.82) is 0 Å². The van der Waals surface area contributed by atoms with Crippen molar-refractivity contribution >= 4 is 34.1 Å². The van der Waals surface area contributed by atoms with Crippen molar-refractivity contribution in [2.24, 2.45) is 5.10 Å². The average Bonchev–Trinajstić information content (AvgIpc) is 2.76. The first-order chi connectivity index (χ1) is 14.9. The highest BCUT2D eigenvalue weighted by molar-refractivity contribution is 6.17.